The molecule has 144 valence electrons. The van der Waals surface area contributed by atoms with Gasteiger partial charge in [0.25, 0.3) is 0 Å². The summed E-state index contributed by atoms with van der Waals surface area (Å²) < 4.78 is 0. The summed E-state index contributed by atoms with van der Waals surface area (Å²) in [5.74, 6) is -0.715. The fourth-order valence-electron chi connectivity index (χ4n) is 1.97. The summed E-state index contributed by atoms with van der Waals surface area (Å²) in [5, 5.41) is 18.0. The van der Waals surface area contributed by atoms with Crippen molar-refractivity contribution in [3.8, 4) is 0 Å². The number of hydrogen-bond donors (Lipinski definition) is 2. The van der Waals surface area contributed by atoms with Crippen molar-refractivity contribution in [1.82, 2.24) is 0 Å². The van der Waals surface area contributed by atoms with Crippen LogP contribution in [0, 0.1) is 0 Å². The Morgan fingerprint density at radius 1 is 0.885 bits per heavy atom. The van der Waals surface area contributed by atoms with Crippen molar-refractivity contribution in [3.63, 3.8) is 0 Å². The molecule has 0 saturated heterocycles. The van der Waals surface area contributed by atoms with Gasteiger partial charge in [0.15, 0.2) is 5.78 Å². The minimum absolute atomic E-state index is 0.0325. The summed E-state index contributed by atoms with van der Waals surface area (Å²) in [6.07, 6.45) is 23.4. The smallest absolute Gasteiger partial charge is 0.303 e. The Morgan fingerprint density at radius 2 is 1.58 bits per heavy atom. The Balaban J connectivity index is 3.71. The molecule has 2 N–H and O–H groups in total. The van der Waals surface area contributed by atoms with Crippen molar-refractivity contribution in [3.05, 3.63) is 60.8 Å². The topological polar surface area (TPSA) is 74.6 Å². The molecule has 26 heavy (non-hydrogen) atoms. The predicted molar refractivity (Wildman–Crippen MR) is 107 cm³/mol. The highest BCUT2D eigenvalue weighted by Gasteiger charge is 2.02. The van der Waals surface area contributed by atoms with Gasteiger partial charge in [-0.2, -0.15) is 0 Å². The lowest BCUT2D eigenvalue weighted by Crippen LogP contribution is -2.05. The van der Waals surface area contributed by atoms with Gasteiger partial charge in [0, 0.05) is 12.8 Å². The van der Waals surface area contributed by atoms with Crippen LogP contribution in [0.5, 0.6) is 0 Å². The second-order valence-corrected chi connectivity index (χ2v) is 5.92. The molecule has 0 aromatic carbocycles. The van der Waals surface area contributed by atoms with Gasteiger partial charge >= 0.3 is 5.97 Å². The monoisotopic (exact) mass is 360 g/mol. The first-order chi connectivity index (χ1) is 12.6. The summed E-state index contributed by atoms with van der Waals surface area (Å²) in [6.45, 7) is 2.09. The van der Waals surface area contributed by atoms with Gasteiger partial charge in [-0.3, -0.25) is 9.59 Å². The number of aliphatic carboxylic acids is 1. The number of carboxylic acid groups (broad SMARTS) is 1. The van der Waals surface area contributed by atoms with Crippen LogP contribution in [-0.2, 0) is 9.59 Å². The van der Waals surface area contributed by atoms with E-state index >= 15 is 0 Å². The lowest BCUT2D eigenvalue weighted by molar-refractivity contribution is -0.137. The molecule has 1 atom stereocenters. The second kappa shape index (κ2) is 17.6. The molecule has 0 fully saturated rings. The average molecular weight is 360 g/mol. The van der Waals surface area contributed by atoms with Gasteiger partial charge in [0.1, 0.15) is 0 Å². The molecular weight excluding hydrogens is 328 g/mol. The predicted octanol–water partition coefficient (Wildman–Crippen LogP) is 4.92. The fraction of sp³-hybridized carbons (Fsp3) is 0.455. The van der Waals surface area contributed by atoms with Crippen LogP contribution in [0.1, 0.15) is 58.3 Å². The Kier molecular flexibility index (Phi) is 16.1. The summed E-state index contributed by atoms with van der Waals surface area (Å²) in [4.78, 5) is 21.9. The molecule has 0 heterocycles. The van der Waals surface area contributed by atoms with E-state index in [9.17, 15) is 14.7 Å². The van der Waals surface area contributed by atoms with Crippen molar-refractivity contribution < 1.29 is 19.8 Å². The highest BCUT2D eigenvalue weighted by atomic mass is 16.4. The van der Waals surface area contributed by atoms with E-state index in [0.29, 0.717) is 6.42 Å². The average Bonchev–Trinajstić information content (AvgIpc) is 2.61. The van der Waals surface area contributed by atoms with E-state index in [1.807, 2.05) is 30.4 Å². The maximum Gasteiger partial charge on any atom is 0.303 e. The van der Waals surface area contributed by atoms with Crippen LogP contribution in [0.2, 0.25) is 0 Å². The van der Waals surface area contributed by atoms with Crippen molar-refractivity contribution in [2.75, 3.05) is 0 Å². The van der Waals surface area contributed by atoms with Crippen LogP contribution in [0.15, 0.2) is 60.8 Å². The van der Waals surface area contributed by atoms with E-state index in [2.05, 4.69) is 19.1 Å². The molecule has 0 bridgehead atoms. The quantitative estimate of drug-likeness (QED) is 0.247. The largest absolute Gasteiger partial charge is 0.481 e. The van der Waals surface area contributed by atoms with Crippen molar-refractivity contribution >= 4 is 11.8 Å². The lowest BCUT2D eigenvalue weighted by Gasteiger charge is -2.00. The van der Waals surface area contributed by atoms with Crippen LogP contribution in [-0.4, -0.2) is 28.1 Å². The van der Waals surface area contributed by atoms with Gasteiger partial charge in [0.2, 0.25) is 0 Å². The molecule has 0 rings (SSSR count). The van der Waals surface area contributed by atoms with Gasteiger partial charge in [-0.25, -0.2) is 0 Å². The van der Waals surface area contributed by atoms with E-state index in [0.717, 1.165) is 32.1 Å². The highest BCUT2D eigenvalue weighted by molar-refractivity contribution is 5.89. The van der Waals surface area contributed by atoms with Crippen LogP contribution in [0.25, 0.3) is 0 Å². The van der Waals surface area contributed by atoms with E-state index in [-0.39, 0.29) is 18.6 Å². The second-order valence-electron chi connectivity index (χ2n) is 5.92. The third-order valence-electron chi connectivity index (χ3n) is 3.43. The molecule has 1 unspecified atom stereocenters. The molecule has 0 aromatic heterocycles. The van der Waals surface area contributed by atoms with Crippen LogP contribution < -0.4 is 0 Å². The summed E-state index contributed by atoms with van der Waals surface area (Å²) >= 11 is 0. The Bertz CT molecular complexity index is 524. The van der Waals surface area contributed by atoms with Crippen molar-refractivity contribution in [2.24, 2.45) is 0 Å². The van der Waals surface area contributed by atoms with Crippen molar-refractivity contribution in [1.29, 1.82) is 0 Å². The molecule has 0 radical (unpaired) electrons. The Labute approximate surface area is 157 Å². The Morgan fingerprint density at radius 3 is 2.27 bits per heavy atom. The molecule has 0 saturated carbocycles. The summed E-state index contributed by atoms with van der Waals surface area (Å²) in [5.41, 5.74) is 0. The zero-order chi connectivity index (χ0) is 19.5. The van der Waals surface area contributed by atoms with Crippen LogP contribution in [0.3, 0.4) is 0 Å². The number of ketones is 1. The van der Waals surface area contributed by atoms with Gasteiger partial charge in [-0.1, -0.05) is 68.0 Å². The van der Waals surface area contributed by atoms with Gasteiger partial charge in [0.05, 0.1) is 6.10 Å². The maximum atomic E-state index is 11.5. The molecule has 4 nitrogen and oxygen atoms in total. The molecule has 0 aromatic rings. The first-order valence-electron chi connectivity index (χ1n) is 9.28. The molecule has 4 heteroatoms. The van der Waals surface area contributed by atoms with Crippen LogP contribution >= 0.6 is 0 Å². The molecule has 0 aliphatic carbocycles. The van der Waals surface area contributed by atoms with Gasteiger partial charge < -0.3 is 10.2 Å². The SMILES string of the molecule is CCCC=CC(=O)CCC=CCC=CCC=CC=CC(O)CCC(=O)O. The zero-order valence-electron chi connectivity index (χ0n) is 15.7. The zero-order valence-corrected chi connectivity index (χ0v) is 15.7. The number of carbonyl (C=O) groups is 2. The van der Waals surface area contributed by atoms with E-state index < -0.39 is 12.1 Å². The minimum atomic E-state index is -0.900. The fourth-order valence-corrected chi connectivity index (χ4v) is 1.97. The minimum Gasteiger partial charge on any atom is -0.481 e. The number of carbonyl (C=O) groups excluding carboxylic acids is 1. The molecule has 0 aliphatic rings. The standard InChI is InChI=1S/C22H32O4/c1-2-3-12-15-20(23)16-13-10-8-6-4-5-7-9-11-14-17-21(24)18-19-22(25)26/h4-5,8-12,14-15,17,21,24H,2-3,6-7,13,16,18-19H2,1H3,(H,25,26). The number of allylic oxidation sites excluding steroid dienone is 9. The number of aliphatic hydroxyl groups excluding tert-OH is 1. The third kappa shape index (κ3) is 18.1. The molecule has 0 amide bonds. The highest BCUT2D eigenvalue weighted by Crippen LogP contribution is 2.00. The summed E-state index contributed by atoms with van der Waals surface area (Å²) in [6, 6.07) is 0. The number of rotatable bonds is 15. The Hall–Kier alpha value is -2.20. The van der Waals surface area contributed by atoms with Gasteiger partial charge in [-0.05, 0) is 38.2 Å². The first-order valence-corrected chi connectivity index (χ1v) is 9.28. The van der Waals surface area contributed by atoms with Crippen LogP contribution in [0.4, 0.5) is 0 Å². The number of unbranched alkanes of at least 4 members (excludes halogenated alkanes) is 1. The normalized spacial score (nSPS) is 13.8. The first kappa shape index (κ1) is 23.8. The van der Waals surface area contributed by atoms with E-state index in [1.165, 1.54) is 0 Å². The summed E-state index contributed by atoms with van der Waals surface area (Å²) in [7, 11) is 0. The number of aliphatic hydroxyl groups is 1. The maximum absolute atomic E-state index is 11.5. The van der Waals surface area contributed by atoms with Crippen molar-refractivity contribution in [2.45, 2.75) is 64.4 Å². The van der Waals surface area contributed by atoms with E-state index in [1.54, 1.807) is 18.2 Å². The number of hydrogen-bond acceptors (Lipinski definition) is 3. The van der Waals surface area contributed by atoms with E-state index in [4.69, 9.17) is 5.11 Å². The molecule has 0 aliphatic heterocycles. The third-order valence-corrected chi connectivity index (χ3v) is 3.43. The number of carboxylic acids is 1. The molecule has 0 spiro atoms. The molecular formula is C22H32O4. The lowest BCUT2D eigenvalue weighted by atomic mass is 10.1. The van der Waals surface area contributed by atoms with Gasteiger partial charge in [-0.15, -0.1) is 0 Å².